The van der Waals surface area contributed by atoms with Crippen LogP contribution in [-0.4, -0.2) is 32.3 Å². The molecule has 19 heavy (non-hydrogen) atoms. The van der Waals surface area contributed by atoms with E-state index in [-0.39, 0.29) is 17.2 Å². The molecule has 0 bridgehead atoms. The van der Waals surface area contributed by atoms with E-state index in [0.29, 0.717) is 18.0 Å². The number of halogens is 1. The molecule has 2 aromatic rings. The van der Waals surface area contributed by atoms with Crippen molar-refractivity contribution in [1.82, 2.24) is 20.1 Å². The van der Waals surface area contributed by atoms with Crippen molar-refractivity contribution >= 4 is 17.5 Å². The first-order valence-electron chi connectivity index (χ1n) is 5.67. The average molecular weight is 281 g/mol. The zero-order valence-electron chi connectivity index (χ0n) is 10.3. The van der Waals surface area contributed by atoms with Crippen molar-refractivity contribution in [2.75, 3.05) is 6.54 Å². The molecule has 0 fully saturated rings. The molecule has 0 saturated heterocycles. The predicted molar refractivity (Wildman–Crippen MR) is 70.2 cm³/mol. The highest BCUT2D eigenvalue weighted by Crippen LogP contribution is 2.21. The second-order valence-corrected chi connectivity index (χ2v) is 4.40. The van der Waals surface area contributed by atoms with Crippen LogP contribution in [0.15, 0.2) is 24.5 Å². The Morgan fingerprint density at radius 3 is 2.95 bits per heavy atom. The molecule has 0 aliphatic heterocycles. The van der Waals surface area contributed by atoms with Crippen molar-refractivity contribution < 1.29 is 9.90 Å². The molecule has 1 aromatic heterocycles. The van der Waals surface area contributed by atoms with E-state index in [0.717, 1.165) is 5.82 Å². The Hall–Kier alpha value is -2.08. The average Bonchev–Trinajstić information content (AvgIpc) is 2.75. The van der Waals surface area contributed by atoms with Crippen LogP contribution in [0.4, 0.5) is 0 Å². The second kappa shape index (κ2) is 5.71. The molecule has 2 rings (SSSR count). The molecule has 0 unspecified atom stereocenters. The van der Waals surface area contributed by atoms with Gasteiger partial charge in [-0.15, -0.1) is 0 Å². The molecule has 1 aromatic carbocycles. The summed E-state index contributed by atoms with van der Waals surface area (Å²) in [6.07, 6.45) is 2.03. The summed E-state index contributed by atoms with van der Waals surface area (Å²) < 4.78 is 1.64. The van der Waals surface area contributed by atoms with Crippen molar-refractivity contribution in [3.63, 3.8) is 0 Å². The first-order chi connectivity index (χ1) is 9.08. The zero-order valence-corrected chi connectivity index (χ0v) is 11.1. The SMILES string of the molecule is Cn1ncnc1CCNC(=O)c1ccc(Cl)cc1O. The Morgan fingerprint density at radius 1 is 1.53 bits per heavy atom. The Morgan fingerprint density at radius 2 is 2.32 bits per heavy atom. The molecule has 6 nitrogen and oxygen atoms in total. The van der Waals surface area contributed by atoms with Crippen molar-refractivity contribution in [1.29, 1.82) is 0 Å². The maximum atomic E-state index is 11.8. The highest BCUT2D eigenvalue weighted by atomic mass is 35.5. The molecule has 1 amide bonds. The van der Waals surface area contributed by atoms with E-state index >= 15 is 0 Å². The molecule has 0 radical (unpaired) electrons. The molecule has 0 aliphatic carbocycles. The monoisotopic (exact) mass is 280 g/mol. The second-order valence-electron chi connectivity index (χ2n) is 3.97. The van der Waals surface area contributed by atoms with Gasteiger partial charge in [-0.2, -0.15) is 5.10 Å². The molecule has 0 saturated carbocycles. The highest BCUT2D eigenvalue weighted by Gasteiger charge is 2.11. The normalized spacial score (nSPS) is 10.4. The third kappa shape index (κ3) is 3.23. The Balaban J connectivity index is 1.93. The van der Waals surface area contributed by atoms with Crippen LogP contribution >= 0.6 is 11.6 Å². The lowest BCUT2D eigenvalue weighted by Gasteiger charge is -2.06. The third-order valence-electron chi connectivity index (χ3n) is 2.64. The van der Waals surface area contributed by atoms with E-state index < -0.39 is 0 Å². The van der Waals surface area contributed by atoms with Gasteiger partial charge in [-0.3, -0.25) is 9.48 Å². The van der Waals surface area contributed by atoms with Crippen LogP contribution in [0.1, 0.15) is 16.2 Å². The smallest absolute Gasteiger partial charge is 0.255 e. The van der Waals surface area contributed by atoms with Crippen LogP contribution in [0.2, 0.25) is 5.02 Å². The summed E-state index contributed by atoms with van der Waals surface area (Å²) in [5.41, 5.74) is 0.197. The summed E-state index contributed by atoms with van der Waals surface area (Å²) in [5, 5.41) is 16.6. The van der Waals surface area contributed by atoms with Crippen LogP contribution in [0.25, 0.3) is 0 Å². The van der Waals surface area contributed by atoms with Crippen LogP contribution in [0.5, 0.6) is 5.75 Å². The van der Waals surface area contributed by atoms with Crippen LogP contribution in [0, 0.1) is 0 Å². The Labute approximate surface area is 115 Å². The zero-order chi connectivity index (χ0) is 13.8. The van der Waals surface area contributed by atoms with Gasteiger partial charge in [0.2, 0.25) is 0 Å². The predicted octanol–water partition coefficient (Wildman–Crippen LogP) is 1.15. The number of benzene rings is 1. The molecule has 0 aliphatic rings. The standard InChI is InChI=1S/C12H13ClN4O2/c1-17-11(15-7-16-17)4-5-14-12(19)9-3-2-8(13)6-10(9)18/h2-3,6-7,18H,4-5H2,1H3,(H,14,19). The van der Waals surface area contributed by atoms with E-state index in [4.69, 9.17) is 11.6 Å². The molecule has 0 atom stereocenters. The lowest BCUT2D eigenvalue weighted by Crippen LogP contribution is -2.26. The maximum Gasteiger partial charge on any atom is 0.255 e. The number of aryl methyl sites for hydroxylation is 1. The molecule has 7 heteroatoms. The molecular formula is C12H13ClN4O2. The van der Waals surface area contributed by atoms with Gasteiger partial charge in [0, 0.05) is 25.0 Å². The van der Waals surface area contributed by atoms with Gasteiger partial charge in [-0.1, -0.05) is 11.6 Å². The number of nitrogens with zero attached hydrogens (tertiary/aromatic N) is 3. The Kier molecular flexibility index (Phi) is 4.01. The van der Waals surface area contributed by atoms with E-state index in [1.165, 1.54) is 18.5 Å². The summed E-state index contributed by atoms with van der Waals surface area (Å²) in [4.78, 5) is 15.9. The summed E-state index contributed by atoms with van der Waals surface area (Å²) >= 11 is 5.70. The van der Waals surface area contributed by atoms with Gasteiger partial charge in [-0.05, 0) is 18.2 Å². The van der Waals surface area contributed by atoms with Gasteiger partial charge in [0.15, 0.2) is 0 Å². The van der Waals surface area contributed by atoms with Gasteiger partial charge >= 0.3 is 0 Å². The van der Waals surface area contributed by atoms with Crippen molar-refractivity contribution in [3.8, 4) is 5.75 Å². The van der Waals surface area contributed by atoms with Gasteiger partial charge < -0.3 is 10.4 Å². The lowest BCUT2D eigenvalue weighted by atomic mass is 10.2. The van der Waals surface area contributed by atoms with E-state index in [9.17, 15) is 9.90 Å². The highest BCUT2D eigenvalue weighted by molar-refractivity contribution is 6.30. The van der Waals surface area contributed by atoms with Crippen molar-refractivity contribution in [2.45, 2.75) is 6.42 Å². The molecule has 2 N–H and O–H groups in total. The number of hydrogen-bond donors (Lipinski definition) is 2. The minimum Gasteiger partial charge on any atom is -0.507 e. The van der Waals surface area contributed by atoms with Crippen molar-refractivity contribution in [3.05, 3.63) is 40.9 Å². The fraction of sp³-hybridized carbons (Fsp3) is 0.250. The quantitative estimate of drug-likeness (QED) is 0.880. The van der Waals surface area contributed by atoms with Crippen LogP contribution < -0.4 is 5.32 Å². The fourth-order valence-electron chi connectivity index (χ4n) is 1.63. The summed E-state index contributed by atoms with van der Waals surface area (Å²) in [6, 6.07) is 4.37. The molecule has 0 spiro atoms. The number of carbonyl (C=O) groups is 1. The largest absolute Gasteiger partial charge is 0.507 e. The van der Waals surface area contributed by atoms with Crippen LogP contribution in [0.3, 0.4) is 0 Å². The van der Waals surface area contributed by atoms with Gasteiger partial charge in [0.05, 0.1) is 5.56 Å². The van der Waals surface area contributed by atoms with E-state index in [1.54, 1.807) is 17.8 Å². The summed E-state index contributed by atoms with van der Waals surface area (Å²) in [7, 11) is 1.79. The summed E-state index contributed by atoms with van der Waals surface area (Å²) in [6.45, 7) is 0.410. The minimum absolute atomic E-state index is 0.136. The van der Waals surface area contributed by atoms with E-state index in [1.807, 2.05) is 0 Å². The van der Waals surface area contributed by atoms with Crippen LogP contribution in [-0.2, 0) is 13.5 Å². The maximum absolute atomic E-state index is 11.8. The van der Waals surface area contributed by atoms with E-state index in [2.05, 4.69) is 15.4 Å². The number of phenols is 1. The molecule has 100 valence electrons. The minimum atomic E-state index is -0.351. The number of amides is 1. The lowest BCUT2D eigenvalue weighted by molar-refractivity contribution is 0.0951. The van der Waals surface area contributed by atoms with Gasteiger partial charge in [0.1, 0.15) is 17.9 Å². The Bertz CT molecular complexity index is 597. The number of nitrogens with one attached hydrogen (secondary N) is 1. The first kappa shape index (κ1) is 13.4. The topological polar surface area (TPSA) is 80.0 Å². The van der Waals surface area contributed by atoms with Crippen molar-refractivity contribution in [2.24, 2.45) is 7.05 Å². The number of aromatic nitrogens is 3. The van der Waals surface area contributed by atoms with Gasteiger partial charge in [-0.25, -0.2) is 4.98 Å². The number of hydrogen-bond acceptors (Lipinski definition) is 4. The number of phenolic OH excluding ortho intramolecular Hbond substituents is 1. The first-order valence-corrected chi connectivity index (χ1v) is 6.05. The number of rotatable bonds is 4. The summed E-state index contributed by atoms with van der Waals surface area (Å²) in [5.74, 6) is 0.292. The number of carbonyl (C=O) groups excluding carboxylic acids is 1. The van der Waals surface area contributed by atoms with Gasteiger partial charge in [0.25, 0.3) is 5.91 Å². The third-order valence-corrected chi connectivity index (χ3v) is 2.88. The number of aromatic hydroxyl groups is 1. The molecular weight excluding hydrogens is 268 g/mol. The molecule has 1 heterocycles. The fourth-order valence-corrected chi connectivity index (χ4v) is 1.79.